The van der Waals surface area contributed by atoms with Gasteiger partial charge in [0.15, 0.2) is 0 Å². The summed E-state index contributed by atoms with van der Waals surface area (Å²) in [5, 5.41) is 9.05. The second-order valence-corrected chi connectivity index (χ2v) is 4.23. The topological polar surface area (TPSA) is 20.2 Å². The molecule has 0 aliphatic heterocycles. The molecule has 0 saturated carbocycles. The number of benzene rings is 2. The Balaban J connectivity index is 2.37. The van der Waals surface area contributed by atoms with Gasteiger partial charge in [-0.2, -0.15) is 0 Å². The first-order chi connectivity index (χ1) is 8.33. The van der Waals surface area contributed by atoms with Crippen molar-refractivity contribution in [2.45, 2.75) is 6.42 Å². The van der Waals surface area contributed by atoms with Crippen LogP contribution < -0.4 is 0 Å². The van der Waals surface area contributed by atoms with Crippen molar-refractivity contribution >= 4 is 17.1 Å². The van der Waals surface area contributed by atoms with Gasteiger partial charge in [-0.1, -0.05) is 66.8 Å². The lowest BCUT2D eigenvalue weighted by molar-refractivity contribution is 0.299. The fraction of sp³-hybridized carbons (Fsp3) is 0.133. The van der Waals surface area contributed by atoms with Crippen molar-refractivity contribution in [2.24, 2.45) is 0 Å². The highest BCUT2D eigenvalue weighted by Gasteiger charge is 2.08. The van der Waals surface area contributed by atoms with Gasteiger partial charge < -0.3 is 5.11 Å². The van der Waals surface area contributed by atoms with Gasteiger partial charge in [-0.15, -0.1) is 0 Å². The number of hydrogen-bond donors (Lipinski definition) is 1. The van der Waals surface area contributed by atoms with E-state index >= 15 is 0 Å². The molecule has 0 saturated heterocycles. The summed E-state index contributed by atoms with van der Waals surface area (Å²) < 4.78 is 0. The van der Waals surface area contributed by atoms with Crippen molar-refractivity contribution in [1.29, 1.82) is 0 Å². The van der Waals surface area contributed by atoms with E-state index in [9.17, 15) is 0 Å². The fourth-order valence-corrected chi connectivity index (χ4v) is 2.16. The van der Waals surface area contributed by atoms with Gasteiger partial charge >= 0.3 is 0 Å². The zero-order valence-corrected chi connectivity index (χ0v) is 10.3. The summed E-state index contributed by atoms with van der Waals surface area (Å²) in [5.41, 5.74) is 3.19. The maximum atomic E-state index is 9.05. The Kier molecular flexibility index (Phi) is 4.02. The molecular formula is C15H14OS. The summed E-state index contributed by atoms with van der Waals surface area (Å²) in [6, 6.07) is 17.9. The first-order valence-electron chi connectivity index (χ1n) is 5.61. The van der Waals surface area contributed by atoms with E-state index in [4.69, 9.17) is 17.3 Å². The molecule has 0 aromatic heterocycles. The first kappa shape index (κ1) is 12.0. The Morgan fingerprint density at radius 3 is 2.29 bits per heavy atom. The second kappa shape index (κ2) is 5.71. The maximum Gasteiger partial charge on any atom is 0.0524 e. The monoisotopic (exact) mass is 242 g/mol. The molecular weight excluding hydrogens is 228 g/mol. The van der Waals surface area contributed by atoms with Crippen LogP contribution in [0.25, 0.3) is 0 Å². The van der Waals surface area contributed by atoms with Crippen LogP contribution in [0.15, 0.2) is 54.6 Å². The van der Waals surface area contributed by atoms with Crippen LogP contribution in [0.5, 0.6) is 0 Å². The van der Waals surface area contributed by atoms with Gasteiger partial charge in [-0.3, -0.25) is 0 Å². The summed E-state index contributed by atoms with van der Waals surface area (Å²) in [4.78, 5) is 0.842. The molecule has 2 aromatic rings. The smallest absolute Gasteiger partial charge is 0.0524 e. The van der Waals surface area contributed by atoms with Crippen LogP contribution in [-0.2, 0) is 6.42 Å². The zero-order chi connectivity index (χ0) is 12.1. The van der Waals surface area contributed by atoms with Gasteiger partial charge in [-0.25, -0.2) is 0 Å². The van der Waals surface area contributed by atoms with Crippen LogP contribution in [0.2, 0.25) is 0 Å². The molecule has 2 heteroatoms. The Bertz CT molecular complexity index is 505. The number of rotatable bonds is 4. The molecule has 17 heavy (non-hydrogen) atoms. The van der Waals surface area contributed by atoms with Crippen molar-refractivity contribution in [3.05, 3.63) is 71.3 Å². The summed E-state index contributed by atoms with van der Waals surface area (Å²) in [5.74, 6) is 0. The molecule has 0 radical (unpaired) electrons. The Labute approximate surface area is 107 Å². The van der Waals surface area contributed by atoms with E-state index in [-0.39, 0.29) is 6.61 Å². The molecule has 0 amide bonds. The summed E-state index contributed by atoms with van der Waals surface area (Å²) >= 11 is 5.51. The minimum atomic E-state index is 0.147. The molecule has 2 rings (SSSR count). The zero-order valence-electron chi connectivity index (χ0n) is 9.47. The quantitative estimate of drug-likeness (QED) is 0.657. The highest BCUT2D eigenvalue weighted by Crippen LogP contribution is 2.16. The largest absolute Gasteiger partial charge is 0.396 e. The van der Waals surface area contributed by atoms with Gasteiger partial charge in [0.2, 0.25) is 0 Å². The molecule has 0 spiro atoms. The van der Waals surface area contributed by atoms with Gasteiger partial charge in [0.05, 0.1) is 4.86 Å². The maximum absolute atomic E-state index is 9.05. The third-order valence-corrected chi connectivity index (χ3v) is 3.13. The fourth-order valence-electron chi connectivity index (χ4n) is 1.83. The van der Waals surface area contributed by atoms with Crippen molar-refractivity contribution in [3.63, 3.8) is 0 Å². The lowest BCUT2D eigenvalue weighted by Crippen LogP contribution is -2.05. The number of aliphatic hydroxyl groups excluding tert-OH is 1. The number of aliphatic hydroxyl groups is 1. The summed E-state index contributed by atoms with van der Waals surface area (Å²) in [6.07, 6.45) is 0.642. The van der Waals surface area contributed by atoms with Gasteiger partial charge in [-0.05, 0) is 23.1 Å². The molecule has 86 valence electrons. The van der Waals surface area contributed by atoms with Crippen molar-refractivity contribution in [3.8, 4) is 0 Å². The molecule has 0 heterocycles. The van der Waals surface area contributed by atoms with E-state index in [0.29, 0.717) is 6.42 Å². The minimum absolute atomic E-state index is 0.147. The number of thiocarbonyl (C=S) groups is 1. The van der Waals surface area contributed by atoms with E-state index in [1.54, 1.807) is 0 Å². The summed E-state index contributed by atoms with van der Waals surface area (Å²) in [7, 11) is 0. The van der Waals surface area contributed by atoms with E-state index in [1.165, 1.54) is 0 Å². The molecule has 0 bridgehead atoms. The Hall–Kier alpha value is -1.51. The van der Waals surface area contributed by atoms with Crippen LogP contribution in [-0.4, -0.2) is 16.6 Å². The normalized spacial score (nSPS) is 10.2. The molecule has 0 unspecified atom stereocenters. The van der Waals surface area contributed by atoms with Gasteiger partial charge in [0.25, 0.3) is 0 Å². The average Bonchev–Trinajstić information content (AvgIpc) is 2.40. The van der Waals surface area contributed by atoms with Crippen molar-refractivity contribution < 1.29 is 5.11 Å². The molecule has 1 N–H and O–H groups in total. The average molecular weight is 242 g/mol. The second-order valence-electron chi connectivity index (χ2n) is 3.83. The standard InChI is InChI=1S/C15H14OS/c16-11-10-12-6-4-5-9-14(12)15(17)13-7-2-1-3-8-13/h1-9,16H,10-11H2. The molecule has 2 aromatic carbocycles. The van der Waals surface area contributed by atoms with Crippen molar-refractivity contribution in [1.82, 2.24) is 0 Å². The highest BCUT2D eigenvalue weighted by molar-refractivity contribution is 7.81. The van der Waals surface area contributed by atoms with E-state index in [0.717, 1.165) is 21.6 Å². The predicted octanol–water partition coefficient (Wildman–Crippen LogP) is 2.99. The minimum Gasteiger partial charge on any atom is -0.396 e. The van der Waals surface area contributed by atoms with Crippen LogP contribution >= 0.6 is 12.2 Å². The third kappa shape index (κ3) is 2.78. The molecule has 0 atom stereocenters. The SMILES string of the molecule is OCCc1ccccc1C(=S)c1ccccc1. The van der Waals surface area contributed by atoms with Crippen LogP contribution in [0, 0.1) is 0 Å². The lowest BCUT2D eigenvalue weighted by Gasteiger charge is -2.09. The summed E-state index contributed by atoms with van der Waals surface area (Å²) in [6.45, 7) is 0.147. The highest BCUT2D eigenvalue weighted by atomic mass is 32.1. The molecule has 0 aliphatic carbocycles. The number of hydrogen-bond acceptors (Lipinski definition) is 2. The van der Waals surface area contributed by atoms with E-state index in [2.05, 4.69) is 0 Å². The Morgan fingerprint density at radius 2 is 1.59 bits per heavy atom. The van der Waals surface area contributed by atoms with Gasteiger partial charge in [0.1, 0.15) is 0 Å². The Morgan fingerprint density at radius 1 is 0.941 bits per heavy atom. The lowest BCUT2D eigenvalue weighted by atomic mass is 9.98. The van der Waals surface area contributed by atoms with E-state index in [1.807, 2.05) is 54.6 Å². The first-order valence-corrected chi connectivity index (χ1v) is 6.02. The van der Waals surface area contributed by atoms with Crippen molar-refractivity contribution in [2.75, 3.05) is 6.61 Å². The van der Waals surface area contributed by atoms with E-state index < -0.39 is 0 Å². The molecule has 0 fully saturated rings. The third-order valence-electron chi connectivity index (χ3n) is 2.68. The van der Waals surface area contributed by atoms with Crippen LogP contribution in [0.3, 0.4) is 0 Å². The van der Waals surface area contributed by atoms with Crippen LogP contribution in [0.4, 0.5) is 0 Å². The molecule has 1 nitrogen and oxygen atoms in total. The molecule has 0 aliphatic rings. The predicted molar refractivity (Wildman–Crippen MR) is 74.5 cm³/mol. The van der Waals surface area contributed by atoms with Gasteiger partial charge in [0, 0.05) is 6.61 Å². The van der Waals surface area contributed by atoms with Crippen LogP contribution in [0.1, 0.15) is 16.7 Å².